The highest BCUT2D eigenvalue weighted by Gasteiger charge is 2.09. The fraction of sp³-hybridized carbons (Fsp3) is 0.174. The van der Waals surface area contributed by atoms with Crippen molar-refractivity contribution in [2.45, 2.75) is 20.8 Å². The van der Waals surface area contributed by atoms with Crippen molar-refractivity contribution >= 4 is 29.1 Å². The van der Waals surface area contributed by atoms with Gasteiger partial charge in [-0.3, -0.25) is 4.79 Å². The Morgan fingerprint density at radius 2 is 1.59 bits per heavy atom. The summed E-state index contributed by atoms with van der Waals surface area (Å²) in [7, 11) is 0. The van der Waals surface area contributed by atoms with Crippen LogP contribution in [0.25, 0.3) is 0 Å². The molecule has 3 aromatic rings. The van der Waals surface area contributed by atoms with Gasteiger partial charge in [0, 0.05) is 17.6 Å². The molecule has 0 spiro atoms. The zero-order chi connectivity index (χ0) is 20.8. The Labute approximate surface area is 169 Å². The number of esters is 1. The fourth-order valence-electron chi connectivity index (χ4n) is 2.68. The van der Waals surface area contributed by atoms with Crippen molar-refractivity contribution in [3.63, 3.8) is 0 Å². The van der Waals surface area contributed by atoms with Gasteiger partial charge in [-0.1, -0.05) is 6.07 Å². The van der Waals surface area contributed by atoms with Gasteiger partial charge in [0.15, 0.2) is 0 Å². The number of rotatable bonds is 6. The van der Waals surface area contributed by atoms with E-state index in [1.165, 1.54) is 11.8 Å². The van der Waals surface area contributed by atoms with Crippen LogP contribution >= 0.6 is 0 Å². The van der Waals surface area contributed by atoms with Gasteiger partial charge in [0.25, 0.3) is 5.91 Å². The van der Waals surface area contributed by atoms with Crippen LogP contribution in [0.1, 0.15) is 38.8 Å². The molecule has 0 bridgehead atoms. The van der Waals surface area contributed by atoms with Crippen LogP contribution < -0.4 is 10.6 Å². The third-order valence-corrected chi connectivity index (χ3v) is 4.46. The predicted octanol–water partition coefficient (Wildman–Crippen LogP) is 4.87. The topological polar surface area (TPSA) is 80.3 Å². The second kappa shape index (κ2) is 9.01. The summed E-state index contributed by atoms with van der Waals surface area (Å²) in [4.78, 5) is 28.4. The molecule has 2 aromatic carbocycles. The Bertz CT molecular complexity index is 1010. The average Bonchev–Trinajstić information content (AvgIpc) is 2.72. The van der Waals surface area contributed by atoms with E-state index in [0.29, 0.717) is 23.6 Å². The number of carbonyl (C=O) groups is 2. The number of aryl methyl sites for hydroxylation is 2. The number of anilines is 3. The van der Waals surface area contributed by atoms with Gasteiger partial charge in [0.05, 0.1) is 17.7 Å². The molecule has 3 rings (SSSR count). The summed E-state index contributed by atoms with van der Waals surface area (Å²) in [6.45, 7) is 6.14. The largest absolute Gasteiger partial charge is 0.462 e. The number of pyridine rings is 1. The van der Waals surface area contributed by atoms with Crippen molar-refractivity contribution in [2.75, 3.05) is 17.2 Å². The lowest BCUT2D eigenvalue weighted by molar-refractivity contribution is 0.0526. The standard InChI is InChI=1S/C23H23N3O3/c1-4-29-23(28)17-6-10-19(11-7-17)25-21-12-8-18(14-24-21)22(27)26-20-9-5-15(2)16(3)13-20/h5-14H,4H2,1-3H3,(H,24,25)(H,26,27). The Hall–Kier alpha value is -3.67. The Kier molecular flexibility index (Phi) is 6.24. The quantitative estimate of drug-likeness (QED) is 0.588. The van der Waals surface area contributed by atoms with E-state index in [2.05, 4.69) is 15.6 Å². The van der Waals surface area contributed by atoms with E-state index < -0.39 is 0 Å². The molecule has 0 radical (unpaired) electrons. The van der Waals surface area contributed by atoms with Gasteiger partial charge >= 0.3 is 5.97 Å². The zero-order valence-corrected chi connectivity index (χ0v) is 16.7. The van der Waals surface area contributed by atoms with E-state index in [1.807, 2.05) is 32.0 Å². The summed E-state index contributed by atoms with van der Waals surface area (Å²) in [6.07, 6.45) is 1.52. The van der Waals surface area contributed by atoms with E-state index in [1.54, 1.807) is 43.3 Å². The third kappa shape index (κ3) is 5.19. The van der Waals surface area contributed by atoms with Crippen molar-refractivity contribution in [1.29, 1.82) is 0 Å². The number of amides is 1. The molecule has 0 fully saturated rings. The number of nitrogens with zero attached hydrogens (tertiary/aromatic N) is 1. The van der Waals surface area contributed by atoms with Crippen LogP contribution in [0.3, 0.4) is 0 Å². The summed E-state index contributed by atoms with van der Waals surface area (Å²) in [5.74, 6) is 0.0269. The van der Waals surface area contributed by atoms with Crippen LogP contribution in [0.2, 0.25) is 0 Å². The minimum absolute atomic E-state index is 0.217. The summed E-state index contributed by atoms with van der Waals surface area (Å²) in [5.41, 5.74) is 4.78. The van der Waals surface area contributed by atoms with E-state index in [-0.39, 0.29) is 11.9 Å². The second-order valence-corrected chi connectivity index (χ2v) is 6.61. The Morgan fingerprint density at radius 1 is 0.897 bits per heavy atom. The highest BCUT2D eigenvalue weighted by molar-refractivity contribution is 6.04. The Balaban J connectivity index is 1.63. The first-order chi connectivity index (χ1) is 14.0. The van der Waals surface area contributed by atoms with Gasteiger partial charge < -0.3 is 15.4 Å². The van der Waals surface area contributed by atoms with Crippen LogP contribution in [0.5, 0.6) is 0 Å². The van der Waals surface area contributed by atoms with E-state index in [9.17, 15) is 9.59 Å². The molecular formula is C23H23N3O3. The first-order valence-corrected chi connectivity index (χ1v) is 9.35. The molecule has 1 amide bonds. The minimum Gasteiger partial charge on any atom is -0.462 e. The molecule has 0 aliphatic rings. The lowest BCUT2D eigenvalue weighted by Crippen LogP contribution is -2.12. The SMILES string of the molecule is CCOC(=O)c1ccc(Nc2ccc(C(=O)Nc3ccc(C)c(C)c3)cn2)cc1. The predicted molar refractivity (Wildman–Crippen MR) is 114 cm³/mol. The van der Waals surface area contributed by atoms with E-state index >= 15 is 0 Å². The summed E-state index contributed by atoms with van der Waals surface area (Å²) >= 11 is 0. The van der Waals surface area contributed by atoms with E-state index in [4.69, 9.17) is 4.74 Å². The number of carbonyl (C=O) groups excluding carboxylic acids is 2. The van der Waals surface area contributed by atoms with Crippen LogP contribution in [0.15, 0.2) is 60.8 Å². The summed E-state index contributed by atoms with van der Waals surface area (Å²) in [5, 5.41) is 6.02. The maximum absolute atomic E-state index is 12.4. The van der Waals surface area contributed by atoms with Crippen LogP contribution in [-0.2, 0) is 4.74 Å². The second-order valence-electron chi connectivity index (χ2n) is 6.61. The summed E-state index contributed by atoms with van der Waals surface area (Å²) < 4.78 is 4.97. The van der Waals surface area contributed by atoms with E-state index in [0.717, 1.165) is 16.9 Å². The lowest BCUT2D eigenvalue weighted by Gasteiger charge is -2.09. The maximum atomic E-state index is 12.4. The van der Waals surface area contributed by atoms with Crippen molar-refractivity contribution < 1.29 is 14.3 Å². The normalized spacial score (nSPS) is 10.3. The van der Waals surface area contributed by atoms with Gasteiger partial charge in [-0.05, 0) is 80.4 Å². The molecule has 29 heavy (non-hydrogen) atoms. The highest BCUT2D eigenvalue weighted by Crippen LogP contribution is 2.18. The lowest BCUT2D eigenvalue weighted by atomic mass is 10.1. The van der Waals surface area contributed by atoms with Gasteiger partial charge in [-0.2, -0.15) is 0 Å². The number of ether oxygens (including phenoxy) is 1. The molecule has 0 unspecified atom stereocenters. The Morgan fingerprint density at radius 3 is 2.21 bits per heavy atom. The number of hydrogen-bond donors (Lipinski definition) is 2. The van der Waals surface area contributed by atoms with Crippen LogP contribution in [0, 0.1) is 13.8 Å². The molecule has 148 valence electrons. The molecule has 0 saturated carbocycles. The number of hydrogen-bond acceptors (Lipinski definition) is 5. The van der Waals surface area contributed by atoms with Gasteiger partial charge in [0.1, 0.15) is 5.82 Å². The number of benzene rings is 2. The van der Waals surface area contributed by atoms with Gasteiger partial charge in [-0.25, -0.2) is 9.78 Å². The molecule has 6 nitrogen and oxygen atoms in total. The fourth-order valence-corrected chi connectivity index (χ4v) is 2.68. The first-order valence-electron chi connectivity index (χ1n) is 9.35. The van der Waals surface area contributed by atoms with Crippen molar-refractivity contribution in [3.05, 3.63) is 83.0 Å². The smallest absolute Gasteiger partial charge is 0.338 e. The van der Waals surface area contributed by atoms with Crippen molar-refractivity contribution in [3.8, 4) is 0 Å². The maximum Gasteiger partial charge on any atom is 0.338 e. The van der Waals surface area contributed by atoms with Gasteiger partial charge in [0.2, 0.25) is 0 Å². The third-order valence-electron chi connectivity index (χ3n) is 4.46. The molecule has 0 aliphatic carbocycles. The molecule has 6 heteroatoms. The van der Waals surface area contributed by atoms with Crippen LogP contribution in [-0.4, -0.2) is 23.5 Å². The molecule has 0 saturated heterocycles. The highest BCUT2D eigenvalue weighted by atomic mass is 16.5. The summed E-state index contributed by atoms with van der Waals surface area (Å²) in [6, 6.07) is 16.1. The monoisotopic (exact) mass is 389 g/mol. The molecule has 1 heterocycles. The number of nitrogens with one attached hydrogen (secondary N) is 2. The van der Waals surface area contributed by atoms with Crippen LogP contribution in [0.4, 0.5) is 17.2 Å². The molecule has 0 atom stereocenters. The van der Waals surface area contributed by atoms with Crippen molar-refractivity contribution in [2.24, 2.45) is 0 Å². The molecule has 1 aromatic heterocycles. The molecule has 2 N–H and O–H groups in total. The first kappa shape index (κ1) is 20.1. The zero-order valence-electron chi connectivity index (χ0n) is 16.7. The van der Waals surface area contributed by atoms with Gasteiger partial charge in [-0.15, -0.1) is 0 Å². The van der Waals surface area contributed by atoms with Crippen molar-refractivity contribution in [1.82, 2.24) is 4.98 Å². The number of aromatic nitrogens is 1. The average molecular weight is 389 g/mol. The molecule has 0 aliphatic heterocycles. The minimum atomic E-state index is -0.351. The molecular weight excluding hydrogens is 366 g/mol.